The van der Waals surface area contributed by atoms with Crippen LogP contribution in [0.15, 0.2) is 48.5 Å². The van der Waals surface area contributed by atoms with Crippen LogP contribution in [0.4, 0.5) is 0 Å². The smallest absolute Gasteiger partial charge is 0.223 e. The monoisotopic (exact) mass is 298 g/mol. The van der Waals surface area contributed by atoms with E-state index in [4.69, 9.17) is 18.9 Å². The highest BCUT2D eigenvalue weighted by molar-refractivity contribution is 5.34. The molecule has 2 unspecified atom stereocenters. The van der Waals surface area contributed by atoms with E-state index in [1.165, 1.54) is 11.1 Å². The lowest BCUT2D eigenvalue weighted by molar-refractivity contribution is 0.179. The lowest BCUT2D eigenvalue weighted by atomic mass is 10.0. The fourth-order valence-electron chi connectivity index (χ4n) is 2.24. The van der Waals surface area contributed by atoms with Gasteiger partial charge in [0, 0.05) is 0 Å². The zero-order valence-electron chi connectivity index (χ0n) is 12.2. The number of hydrogen-bond donors (Lipinski definition) is 0. The Balaban J connectivity index is 1.33. The van der Waals surface area contributed by atoms with Crippen LogP contribution in [0.25, 0.3) is 0 Å². The molecule has 0 N–H and O–H groups in total. The molecule has 0 amide bonds. The largest absolute Gasteiger partial charge is 0.491 e. The Morgan fingerprint density at radius 1 is 0.818 bits per heavy atom. The average molecular weight is 298 g/mol. The summed E-state index contributed by atoms with van der Waals surface area (Å²) in [6.07, 6.45) is 1.15. The minimum Gasteiger partial charge on any atom is -0.491 e. The maximum atomic E-state index is 5.64. The summed E-state index contributed by atoms with van der Waals surface area (Å²) in [6.45, 7) is 2.17. The summed E-state index contributed by atoms with van der Waals surface area (Å²) in [4.78, 5) is 0. The van der Waals surface area contributed by atoms with Gasteiger partial charge < -0.3 is 18.9 Å². The maximum Gasteiger partial charge on any atom is 0.223 e. The predicted molar refractivity (Wildman–Crippen MR) is 81.3 cm³/mol. The number of epoxide rings is 2. The molecule has 0 aliphatic carbocycles. The van der Waals surface area contributed by atoms with Crippen molar-refractivity contribution in [2.24, 2.45) is 0 Å². The van der Waals surface area contributed by atoms with Gasteiger partial charge in [-0.05, 0) is 41.8 Å². The first-order valence-corrected chi connectivity index (χ1v) is 7.56. The van der Waals surface area contributed by atoms with E-state index >= 15 is 0 Å². The van der Waals surface area contributed by atoms with Gasteiger partial charge in [0.2, 0.25) is 6.29 Å². The van der Waals surface area contributed by atoms with Crippen molar-refractivity contribution in [1.82, 2.24) is 0 Å². The first-order chi connectivity index (χ1) is 10.8. The summed E-state index contributed by atoms with van der Waals surface area (Å²) < 4.78 is 21.4. The molecule has 22 heavy (non-hydrogen) atoms. The lowest BCUT2D eigenvalue weighted by Crippen LogP contribution is -2.03. The normalized spacial score (nSPS) is 22.2. The van der Waals surface area contributed by atoms with Crippen molar-refractivity contribution in [1.29, 1.82) is 0 Å². The molecule has 4 heteroatoms. The van der Waals surface area contributed by atoms with E-state index in [1.807, 2.05) is 24.3 Å². The van der Waals surface area contributed by atoms with Gasteiger partial charge in [-0.25, -0.2) is 0 Å². The van der Waals surface area contributed by atoms with Crippen molar-refractivity contribution >= 4 is 0 Å². The van der Waals surface area contributed by atoms with E-state index in [-0.39, 0.29) is 6.29 Å². The van der Waals surface area contributed by atoms with Crippen molar-refractivity contribution in [3.8, 4) is 11.5 Å². The van der Waals surface area contributed by atoms with E-state index in [1.54, 1.807) is 0 Å². The highest BCUT2D eigenvalue weighted by atomic mass is 16.8. The SMILES string of the molecule is c1cc(OCC2CO2)ccc1Cc1ccc(OC2CO2)cc1. The Labute approximate surface area is 129 Å². The van der Waals surface area contributed by atoms with Gasteiger partial charge in [-0.2, -0.15) is 0 Å². The zero-order valence-corrected chi connectivity index (χ0v) is 12.2. The molecule has 0 radical (unpaired) electrons. The van der Waals surface area contributed by atoms with Gasteiger partial charge in [-0.1, -0.05) is 24.3 Å². The molecule has 0 spiro atoms. The van der Waals surface area contributed by atoms with Crippen LogP contribution in [0.2, 0.25) is 0 Å². The van der Waals surface area contributed by atoms with Crippen LogP contribution in [0.1, 0.15) is 11.1 Å². The summed E-state index contributed by atoms with van der Waals surface area (Å²) in [5.74, 6) is 1.75. The van der Waals surface area contributed by atoms with Crippen LogP contribution in [0.5, 0.6) is 11.5 Å². The quantitative estimate of drug-likeness (QED) is 0.737. The van der Waals surface area contributed by atoms with Gasteiger partial charge in [-0.3, -0.25) is 0 Å². The second-order valence-electron chi connectivity index (χ2n) is 5.61. The van der Waals surface area contributed by atoms with Gasteiger partial charge in [0.1, 0.15) is 30.8 Å². The Hall–Kier alpha value is -2.04. The minimum absolute atomic E-state index is 0.0422. The van der Waals surface area contributed by atoms with E-state index in [2.05, 4.69) is 24.3 Å². The first-order valence-electron chi connectivity index (χ1n) is 7.56. The molecule has 4 rings (SSSR count). The average Bonchev–Trinajstić information content (AvgIpc) is 3.44. The Morgan fingerprint density at radius 3 is 1.95 bits per heavy atom. The first kappa shape index (κ1) is 13.6. The van der Waals surface area contributed by atoms with Crippen LogP contribution < -0.4 is 9.47 Å². The summed E-state index contributed by atoms with van der Waals surface area (Å²) in [6, 6.07) is 16.4. The van der Waals surface area contributed by atoms with Crippen molar-refractivity contribution < 1.29 is 18.9 Å². The molecule has 2 aromatic rings. The summed E-state index contributed by atoms with van der Waals surface area (Å²) >= 11 is 0. The van der Waals surface area contributed by atoms with Crippen molar-refractivity contribution in [3.05, 3.63) is 59.7 Å². The highest BCUT2D eigenvalue weighted by Crippen LogP contribution is 2.21. The van der Waals surface area contributed by atoms with Gasteiger partial charge in [-0.15, -0.1) is 0 Å². The second kappa shape index (κ2) is 5.99. The predicted octanol–water partition coefficient (Wildman–Crippen LogP) is 2.79. The molecule has 4 nitrogen and oxygen atoms in total. The number of ether oxygens (including phenoxy) is 4. The van der Waals surface area contributed by atoms with Crippen LogP contribution in [-0.2, 0) is 15.9 Å². The molecular weight excluding hydrogens is 280 g/mol. The Bertz CT molecular complexity index is 613. The van der Waals surface area contributed by atoms with Gasteiger partial charge >= 0.3 is 0 Å². The standard InChI is InChI=1S/C18H18O4/c1-5-15(19-10-17-11-20-17)6-2-13(1)9-14-3-7-16(8-4-14)22-18-12-21-18/h1-8,17-18H,9-12H2. The number of benzene rings is 2. The van der Waals surface area contributed by atoms with Crippen molar-refractivity contribution in [2.75, 3.05) is 19.8 Å². The minimum atomic E-state index is -0.0422. The topological polar surface area (TPSA) is 43.5 Å². The molecule has 2 atom stereocenters. The Morgan fingerprint density at radius 2 is 1.41 bits per heavy atom. The van der Waals surface area contributed by atoms with Gasteiger partial charge in [0.25, 0.3) is 0 Å². The highest BCUT2D eigenvalue weighted by Gasteiger charge is 2.24. The van der Waals surface area contributed by atoms with Gasteiger partial charge in [0.05, 0.1) is 6.61 Å². The third-order valence-electron chi connectivity index (χ3n) is 3.66. The molecule has 2 aliphatic rings. The van der Waals surface area contributed by atoms with E-state index in [0.717, 1.165) is 24.5 Å². The summed E-state index contributed by atoms with van der Waals surface area (Å²) in [7, 11) is 0. The molecule has 2 heterocycles. The molecule has 0 bridgehead atoms. The lowest BCUT2D eigenvalue weighted by Gasteiger charge is -2.07. The Kier molecular flexibility index (Phi) is 3.70. The fourth-order valence-corrected chi connectivity index (χ4v) is 2.24. The van der Waals surface area contributed by atoms with Crippen molar-refractivity contribution in [3.63, 3.8) is 0 Å². The maximum absolute atomic E-state index is 5.64. The second-order valence-corrected chi connectivity index (χ2v) is 5.61. The summed E-state index contributed by atoms with van der Waals surface area (Å²) in [5.41, 5.74) is 2.51. The molecule has 2 saturated heterocycles. The zero-order chi connectivity index (χ0) is 14.8. The van der Waals surface area contributed by atoms with E-state index in [9.17, 15) is 0 Å². The van der Waals surface area contributed by atoms with Crippen LogP contribution in [-0.4, -0.2) is 32.2 Å². The van der Waals surface area contributed by atoms with Crippen LogP contribution >= 0.6 is 0 Å². The van der Waals surface area contributed by atoms with E-state index < -0.39 is 0 Å². The summed E-state index contributed by atoms with van der Waals surface area (Å²) in [5, 5.41) is 0. The molecule has 2 fully saturated rings. The molecule has 0 aromatic heterocycles. The molecule has 0 saturated carbocycles. The third kappa shape index (κ3) is 3.78. The number of hydrogen-bond acceptors (Lipinski definition) is 4. The molecular formula is C18H18O4. The number of rotatable bonds is 7. The van der Waals surface area contributed by atoms with Crippen LogP contribution in [0, 0.1) is 0 Å². The third-order valence-corrected chi connectivity index (χ3v) is 3.66. The fraction of sp³-hybridized carbons (Fsp3) is 0.333. The molecule has 2 aliphatic heterocycles. The van der Waals surface area contributed by atoms with Crippen molar-refractivity contribution in [2.45, 2.75) is 18.8 Å². The van der Waals surface area contributed by atoms with Crippen LogP contribution in [0.3, 0.4) is 0 Å². The molecule has 114 valence electrons. The molecule has 2 aromatic carbocycles. The van der Waals surface area contributed by atoms with E-state index in [0.29, 0.717) is 19.3 Å². The van der Waals surface area contributed by atoms with Gasteiger partial charge in [0.15, 0.2) is 0 Å².